The van der Waals surface area contributed by atoms with Crippen LogP contribution in [0, 0.1) is 5.92 Å². The van der Waals surface area contributed by atoms with Crippen LogP contribution in [0.3, 0.4) is 0 Å². The summed E-state index contributed by atoms with van der Waals surface area (Å²) >= 11 is 0. The van der Waals surface area contributed by atoms with Gasteiger partial charge in [0.1, 0.15) is 0 Å². The quantitative estimate of drug-likeness (QED) is 0.923. The largest absolute Gasteiger partial charge is 0.341 e. The van der Waals surface area contributed by atoms with E-state index < -0.39 is 0 Å². The highest BCUT2D eigenvalue weighted by Gasteiger charge is 2.34. The lowest BCUT2D eigenvalue weighted by atomic mass is 9.83. The molecule has 0 radical (unpaired) electrons. The molecule has 0 saturated carbocycles. The number of aromatic nitrogens is 1. The first kappa shape index (κ1) is 17.3. The molecule has 2 fully saturated rings. The predicted molar refractivity (Wildman–Crippen MR) is 103 cm³/mol. The smallest absolute Gasteiger partial charge is 0.254 e. The number of aromatic amines is 1. The van der Waals surface area contributed by atoms with Crippen molar-refractivity contribution < 1.29 is 4.79 Å². The van der Waals surface area contributed by atoms with E-state index >= 15 is 0 Å². The number of amides is 1. The molecule has 1 amide bonds. The summed E-state index contributed by atoms with van der Waals surface area (Å²) in [7, 11) is 1.88. The van der Waals surface area contributed by atoms with Crippen molar-refractivity contribution in [3.05, 3.63) is 46.2 Å². The van der Waals surface area contributed by atoms with Crippen LogP contribution in [-0.2, 0) is 0 Å². The first-order valence-corrected chi connectivity index (χ1v) is 9.75. The third kappa shape index (κ3) is 3.28. The number of hydrogen-bond donors (Lipinski definition) is 1. The van der Waals surface area contributed by atoms with Crippen molar-refractivity contribution in [2.45, 2.75) is 38.1 Å². The van der Waals surface area contributed by atoms with Gasteiger partial charge < -0.3 is 14.8 Å². The van der Waals surface area contributed by atoms with Crippen LogP contribution < -0.4 is 5.56 Å². The summed E-state index contributed by atoms with van der Waals surface area (Å²) in [6, 6.07) is 9.57. The Balaban J connectivity index is 1.56. The van der Waals surface area contributed by atoms with Crippen molar-refractivity contribution in [2.24, 2.45) is 5.92 Å². The number of nitrogens with one attached hydrogen (secondary N) is 1. The monoisotopic (exact) mass is 353 g/mol. The summed E-state index contributed by atoms with van der Waals surface area (Å²) in [5, 5.41) is 0.812. The number of para-hydroxylation sites is 1. The van der Waals surface area contributed by atoms with E-state index in [1.807, 2.05) is 36.2 Å². The first-order chi connectivity index (χ1) is 12.6. The fraction of sp³-hybridized carbons (Fsp3) is 0.524. The SMILES string of the molecule is CN(C[C@@H]1CCCN2CCCC[C@H]12)C(=O)c1cc(=O)[nH]c2ccccc12. The molecule has 0 spiro atoms. The number of carbonyl (C=O) groups is 1. The average molecular weight is 353 g/mol. The van der Waals surface area contributed by atoms with Gasteiger partial charge in [0.15, 0.2) is 0 Å². The van der Waals surface area contributed by atoms with Gasteiger partial charge in [-0.2, -0.15) is 0 Å². The minimum absolute atomic E-state index is 0.0553. The van der Waals surface area contributed by atoms with Crippen molar-refractivity contribution in [2.75, 3.05) is 26.7 Å². The first-order valence-electron chi connectivity index (χ1n) is 9.75. The zero-order valence-corrected chi connectivity index (χ0v) is 15.4. The van der Waals surface area contributed by atoms with Crippen molar-refractivity contribution in [1.82, 2.24) is 14.8 Å². The van der Waals surface area contributed by atoms with Gasteiger partial charge in [-0.05, 0) is 50.8 Å². The maximum atomic E-state index is 13.1. The van der Waals surface area contributed by atoms with Gasteiger partial charge in [-0.1, -0.05) is 24.6 Å². The normalized spacial score (nSPS) is 23.6. The van der Waals surface area contributed by atoms with Crippen molar-refractivity contribution >= 4 is 16.8 Å². The number of rotatable bonds is 3. The molecular formula is C21H27N3O2. The molecule has 0 bridgehead atoms. The van der Waals surface area contributed by atoms with Gasteiger partial charge in [0.2, 0.25) is 5.56 Å². The molecule has 2 aromatic rings. The van der Waals surface area contributed by atoms with Crippen LogP contribution in [-0.4, -0.2) is 53.4 Å². The number of H-pyrrole nitrogens is 1. The highest BCUT2D eigenvalue weighted by atomic mass is 16.2. The Morgan fingerprint density at radius 1 is 1.19 bits per heavy atom. The third-order valence-corrected chi connectivity index (χ3v) is 6.06. The average Bonchev–Trinajstić information content (AvgIpc) is 2.67. The minimum Gasteiger partial charge on any atom is -0.341 e. The van der Waals surface area contributed by atoms with Crippen LogP contribution >= 0.6 is 0 Å². The van der Waals surface area contributed by atoms with E-state index in [0.29, 0.717) is 23.0 Å². The zero-order valence-electron chi connectivity index (χ0n) is 15.4. The van der Waals surface area contributed by atoms with Crippen molar-refractivity contribution in [3.8, 4) is 0 Å². The molecule has 0 unspecified atom stereocenters. The van der Waals surface area contributed by atoms with Crippen LogP contribution in [0.4, 0.5) is 0 Å². The summed E-state index contributed by atoms with van der Waals surface area (Å²) in [4.78, 5) is 32.3. The molecule has 2 saturated heterocycles. The number of hydrogen-bond acceptors (Lipinski definition) is 3. The number of fused-ring (bicyclic) bond motifs is 2. The van der Waals surface area contributed by atoms with Gasteiger partial charge in [0.05, 0.1) is 5.56 Å². The van der Waals surface area contributed by atoms with Gasteiger partial charge in [0.25, 0.3) is 5.91 Å². The van der Waals surface area contributed by atoms with E-state index in [-0.39, 0.29) is 11.5 Å². The summed E-state index contributed by atoms with van der Waals surface area (Å²) in [6.45, 7) is 3.18. The molecule has 3 heterocycles. The second-order valence-corrected chi connectivity index (χ2v) is 7.78. The number of pyridine rings is 1. The molecular weight excluding hydrogens is 326 g/mol. The second-order valence-electron chi connectivity index (χ2n) is 7.78. The van der Waals surface area contributed by atoms with E-state index in [2.05, 4.69) is 9.88 Å². The Morgan fingerprint density at radius 2 is 2.00 bits per heavy atom. The Hall–Kier alpha value is -2.14. The Kier molecular flexibility index (Phi) is 4.81. The van der Waals surface area contributed by atoms with Crippen LogP contribution in [0.1, 0.15) is 42.5 Å². The van der Waals surface area contributed by atoms with E-state index in [9.17, 15) is 9.59 Å². The highest BCUT2D eigenvalue weighted by molar-refractivity contribution is 6.05. The molecule has 4 rings (SSSR count). The zero-order chi connectivity index (χ0) is 18.1. The maximum Gasteiger partial charge on any atom is 0.254 e. The van der Waals surface area contributed by atoms with Gasteiger partial charge in [-0.25, -0.2) is 0 Å². The topological polar surface area (TPSA) is 56.4 Å². The van der Waals surface area contributed by atoms with Crippen molar-refractivity contribution in [1.29, 1.82) is 0 Å². The third-order valence-electron chi connectivity index (χ3n) is 6.06. The summed E-state index contributed by atoms with van der Waals surface area (Å²) in [5.41, 5.74) is 0.993. The summed E-state index contributed by atoms with van der Waals surface area (Å²) in [5.74, 6) is 0.478. The van der Waals surface area contributed by atoms with E-state index in [1.54, 1.807) is 0 Å². The molecule has 1 aromatic heterocycles. The number of carbonyl (C=O) groups excluding carboxylic acids is 1. The molecule has 1 aromatic carbocycles. The van der Waals surface area contributed by atoms with E-state index in [0.717, 1.165) is 11.9 Å². The molecule has 2 atom stereocenters. The predicted octanol–water partition coefficient (Wildman–Crippen LogP) is 2.86. The lowest BCUT2D eigenvalue weighted by Crippen LogP contribution is -2.51. The molecule has 138 valence electrons. The van der Waals surface area contributed by atoms with Crippen molar-refractivity contribution in [3.63, 3.8) is 0 Å². The second kappa shape index (κ2) is 7.23. The summed E-state index contributed by atoms with van der Waals surface area (Å²) < 4.78 is 0. The molecule has 0 aliphatic carbocycles. The molecule has 26 heavy (non-hydrogen) atoms. The molecule has 2 aliphatic heterocycles. The Morgan fingerprint density at radius 3 is 2.88 bits per heavy atom. The van der Waals surface area contributed by atoms with Crippen LogP contribution in [0.25, 0.3) is 10.9 Å². The lowest BCUT2D eigenvalue weighted by Gasteiger charge is -2.45. The van der Waals surface area contributed by atoms with Crippen LogP contribution in [0.15, 0.2) is 35.1 Å². The van der Waals surface area contributed by atoms with Crippen LogP contribution in [0.5, 0.6) is 0 Å². The molecule has 5 heteroatoms. The molecule has 2 aliphatic rings. The Labute approximate surface area is 154 Å². The van der Waals surface area contributed by atoms with Gasteiger partial charge >= 0.3 is 0 Å². The Bertz CT molecular complexity index is 858. The summed E-state index contributed by atoms with van der Waals surface area (Å²) in [6.07, 6.45) is 6.26. The van der Waals surface area contributed by atoms with Gasteiger partial charge in [-0.15, -0.1) is 0 Å². The van der Waals surface area contributed by atoms with Gasteiger partial charge in [-0.3, -0.25) is 9.59 Å². The van der Waals surface area contributed by atoms with Gasteiger partial charge in [0, 0.05) is 36.6 Å². The lowest BCUT2D eigenvalue weighted by molar-refractivity contribution is 0.0403. The fourth-order valence-electron chi connectivity index (χ4n) is 4.81. The molecule has 1 N–H and O–H groups in total. The number of piperidine rings is 2. The highest BCUT2D eigenvalue weighted by Crippen LogP contribution is 2.31. The standard InChI is InChI=1S/C21H27N3O2/c1-23(14-15-7-6-12-24-11-5-4-10-19(15)24)21(26)17-13-20(25)22-18-9-3-2-8-16(17)18/h2-3,8-9,13,15,19H,4-7,10-12,14H2,1H3,(H,22,25)/t15-,19+/m0/s1. The minimum atomic E-state index is -0.225. The number of benzene rings is 1. The van der Waals surface area contributed by atoms with E-state index in [4.69, 9.17) is 0 Å². The number of nitrogens with zero attached hydrogens (tertiary/aromatic N) is 2. The van der Waals surface area contributed by atoms with Crippen LogP contribution in [0.2, 0.25) is 0 Å². The fourth-order valence-corrected chi connectivity index (χ4v) is 4.81. The molecule has 5 nitrogen and oxygen atoms in total. The maximum absolute atomic E-state index is 13.1. The van der Waals surface area contributed by atoms with E-state index in [1.165, 1.54) is 51.3 Å².